The van der Waals surface area contributed by atoms with Gasteiger partial charge in [-0.05, 0) is 55.5 Å². The molecule has 0 radical (unpaired) electrons. The Morgan fingerprint density at radius 3 is 2.30 bits per heavy atom. The van der Waals surface area contributed by atoms with Gasteiger partial charge in [0.15, 0.2) is 16.8 Å². The summed E-state index contributed by atoms with van der Waals surface area (Å²) in [5.74, 6) is 1.38. The molecule has 27 heavy (non-hydrogen) atoms. The summed E-state index contributed by atoms with van der Waals surface area (Å²) in [4.78, 5) is 12.6. The average molecular weight is 422 g/mol. The molecule has 1 unspecified atom stereocenters. The van der Waals surface area contributed by atoms with Gasteiger partial charge in [-0.25, -0.2) is 0 Å². The van der Waals surface area contributed by atoms with E-state index < -0.39 is 0 Å². The van der Waals surface area contributed by atoms with Gasteiger partial charge in [0.05, 0.1) is 5.25 Å². The lowest BCUT2D eigenvalue weighted by molar-refractivity contribution is 0.0994. The first-order chi connectivity index (χ1) is 12.9. The first-order valence-electron chi connectivity index (χ1n) is 8.17. The third kappa shape index (κ3) is 5.03. The van der Waals surface area contributed by atoms with Crippen LogP contribution in [0.1, 0.15) is 23.1 Å². The molecule has 5 nitrogen and oxygen atoms in total. The van der Waals surface area contributed by atoms with Gasteiger partial charge in [-0.3, -0.25) is 4.79 Å². The minimum Gasteiger partial charge on any atom is -0.486 e. The minimum atomic E-state index is -0.306. The number of carbonyl (C=O) groups excluding carboxylic acids is 1. The van der Waals surface area contributed by atoms with E-state index in [0.29, 0.717) is 32.3 Å². The number of thioether (sulfide) groups is 1. The fraction of sp³-hybridized carbons (Fsp3) is 0.211. The van der Waals surface area contributed by atoms with Crippen LogP contribution in [-0.4, -0.2) is 25.8 Å². The molecule has 0 saturated carbocycles. The second-order valence-electron chi connectivity index (χ2n) is 5.83. The van der Waals surface area contributed by atoms with Crippen LogP contribution >= 0.6 is 35.0 Å². The zero-order valence-corrected chi connectivity index (χ0v) is 17.1. The third-order valence-corrected chi connectivity index (χ3v) is 5.52. The van der Waals surface area contributed by atoms with E-state index in [-0.39, 0.29) is 17.6 Å². The predicted octanol–water partition coefficient (Wildman–Crippen LogP) is 5.06. The van der Waals surface area contributed by atoms with Crippen LogP contribution in [0.2, 0.25) is 10.0 Å². The molecule has 0 aliphatic rings. The van der Waals surface area contributed by atoms with Crippen LogP contribution in [0.4, 0.5) is 0 Å². The van der Waals surface area contributed by atoms with Crippen molar-refractivity contribution in [2.24, 2.45) is 7.05 Å². The van der Waals surface area contributed by atoms with E-state index in [1.807, 2.05) is 18.5 Å². The number of Topliss-reactive ketones (excluding diaryl/α,β-unsaturated/α-hetero) is 1. The molecule has 0 fully saturated rings. The number of carbonyl (C=O) groups is 1. The van der Waals surface area contributed by atoms with Crippen molar-refractivity contribution in [1.82, 2.24) is 14.8 Å². The summed E-state index contributed by atoms with van der Waals surface area (Å²) in [5, 5.41) is 9.93. The molecule has 8 heteroatoms. The van der Waals surface area contributed by atoms with E-state index in [4.69, 9.17) is 27.9 Å². The van der Waals surface area contributed by atoms with Gasteiger partial charge in [0.2, 0.25) is 0 Å². The molecule has 0 aliphatic heterocycles. The number of rotatable bonds is 7. The molecule has 1 heterocycles. The predicted molar refractivity (Wildman–Crippen MR) is 108 cm³/mol. The van der Waals surface area contributed by atoms with Gasteiger partial charge in [0.1, 0.15) is 12.4 Å². The number of nitrogens with zero attached hydrogens (tertiary/aromatic N) is 3. The number of ether oxygens (including phenoxy) is 1. The number of benzene rings is 2. The van der Waals surface area contributed by atoms with Crippen LogP contribution in [0.5, 0.6) is 5.75 Å². The largest absolute Gasteiger partial charge is 0.486 e. The monoisotopic (exact) mass is 421 g/mol. The molecule has 0 aliphatic carbocycles. The maximum atomic E-state index is 12.6. The highest BCUT2D eigenvalue weighted by molar-refractivity contribution is 8.00. The first-order valence-corrected chi connectivity index (χ1v) is 9.80. The molecule has 3 aromatic rings. The van der Waals surface area contributed by atoms with Gasteiger partial charge in [0.25, 0.3) is 0 Å². The fourth-order valence-electron chi connectivity index (χ4n) is 2.31. The summed E-state index contributed by atoms with van der Waals surface area (Å²) >= 11 is 13.1. The summed E-state index contributed by atoms with van der Waals surface area (Å²) in [6, 6.07) is 14.0. The standard InChI is InChI=1S/C19H17Cl2N3O2S/c1-12(18(25)13-3-5-14(20)6-4-13)27-19-23-22-17(24(19)2)11-26-16-9-7-15(21)8-10-16/h3-10,12H,11H2,1-2H3. The molecular formula is C19H17Cl2N3O2S. The fourth-order valence-corrected chi connectivity index (χ4v) is 3.48. The number of halogens is 2. The van der Waals surface area contributed by atoms with E-state index in [1.54, 1.807) is 48.5 Å². The second-order valence-corrected chi connectivity index (χ2v) is 8.01. The Balaban J connectivity index is 1.63. The van der Waals surface area contributed by atoms with E-state index >= 15 is 0 Å². The van der Waals surface area contributed by atoms with Crippen molar-refractivity contribution < 1.29 is 9.53 Å². The lowest BCUT2D eigenvalue weighted by Gasteiger charge is -2.10. The number of hydrogen-bond donors (Lipinski definition) is 0. The van der Waals surface area contributed by atoms with E-state index in [1.165, 1.54) is 11.8 Å². The third-order valence-electron chi connectivity index (χ3n) is 3.89. The van der Waals surface area contributed by atoms with E-state index in [2.05, 4.69) is 10.2 Å². The quantitative estimate of drug-likeness (QED) is 0.393. The van der Waals surface area contributed by atoms with Crippen LogP contribution in [-0.2, 0) is 13.7 Å². The Bertz CT molecular complexity index is 927. The van der Waals surface area contributed by atoms with Crippen molar-refractivity contribution in [3.05, 3.63) is 70.0 Å². The van der Waals surface area contributed by atoms with Crippen molar-refractivity contribution in [2.45, 2.75) is 23.9 Å². The van der Waals surface area contributed by atoms with Gasteiger partial charge >= 0.3 is 0 Å². The molecule has 1 aromatic heterocycles. The Morgan fingerprint density at radius 2 is 1.67 bits per heavy atom. The topological polar surface area (TPSA) is 57.0 Å². The van der Waals surface area contributed by atoms with Crippen LogP contribution < -0.4 is 4.74 Å². The van der Waals surface area contributed by atoms with Gasteiger partial charge in [-0.2, -0.15) is 0 Å². The first kappa shape index (κ1) is 19.7. The molecule has 0 amide bonds. The van der Waals surface area contributed by atoms with Crippen LogP contribution in [0.3, 0.4) is 0 Å². The van der Waals surface area contributed by atoms with E-state index in [0.717, 1.165) is 0 Å². The van der Waals surface area contributed by atoms with Crippen LogP contribution in [0, 0.1) is 0 Å². The molecule has 0 saturated heterocycles. The number of hydrogen-bond acceptors (Lipinski definition) is 5. The summed E-state index contributed by atoms with van der Waals surface area (Å²) in [5.41, 5.74) is 0.618. The maximum absolute atomic E-state index is 12.6. The van der Waals surface area contributed by atoms with Crippen molar-refractivity contribution in [3.63, 3.8) is 0 Å². The van der Waals surface area contributed by atoms with Crippen LogP contribution in [0.15, 0.2) is 53.7 Å². The Labute approximate surface area is 171 Å². The molecule has 1 atom stereocenters. The molecular weight excluding hydrogens is 405 g/mol. The number of aromatic nitrogens is 3. The lowest BCUT2D eigenvalue weighted by atomic mass is 10.1. The molecule has 0 N–H and O–H groups in total. The van der Waals surface area contributed by atoms with Crippen molar-refractivity contribution >= 4 is 40.7 Å². The van der Waals surface area contributed by atoms with Crippen molar-refractivity contribution in [3.8, 4) is 5.75 Å². The smallest absolute Gasteiger partial charge is 0.191 e. The SMILES string of the molecule is CC(Sc1nnc(COc2ccc(Cl)cc2)n1C)C(=O)c1ccc(Cl)cc1. The Hall–Kier alpha value is -2.02. The average Bonchev–Trinajstić information content (AvgIpc) is 3.01. The minimum absolute atomic E-state index is 0.0126. The van der Waals surface area contributed by atoms with Crippen LogP contribution in [0.25, 0.3) is 0 Å². The van der Waals surface area contributed by atoms with Crippen molar-refractivity contribution in [1.29, 1.82) is 0 Å². The summed E-state index contributed by atoms with van der Waals surface area (Å²) in [6.45, 7) is 2.12. The molecule has 0 bridgehead atoms. The highest BCUT2D eigenvalue weighted by Crippen LogP contribution is 2.25. The van der Waals surface area contributed by atoms with Gasteiger partial charge < -0.3 is 9.30 Å². The normalized spacial score (nSPS) is 12.0. The summed E-state index contributed by atoms with van der Waals surface area (Å²) in [6.07, 6.45) is 0. The molecule has 3 rings (SSSR count). The second kappa shape index (κ2) is 8.78. The summed E-state index contributed by atoms with van der Waals surface area (Å²) < 4.78 is 7.53. The lowest BCUT2D eigenvalue weighted by Crippen LogP contribution is -2.14. The highest BCUT2D eigenvalue weighted by atomic mass is 35.5. The molecule has 2 aromatic carbocycles. The zero-order chi connectivity index (χ0) is 19.4. The molecule has 140 valence electrons. The van der Waals surface area contributed by atoms with Gasteiger partial charge in [-0.15, -0.1) is 10.2 Å². The highest BCUT2D eigenvalue weighted by Gasteiger charge is 2.20. The summed E-state index contributed by atoms with van der Waals surface area (Å²) in [7, 11) is 1.85. The Morgan fingerprint density at radius 1 is 1.07 bits per heavy atom. The van der Waals surface area contributed by atoms with Gasteiger partial charge in [-0.1, -0.05) is 35.0 Å². The van der Waals surface area contributed by atoms with Crippen molar-refractivity contribution in [2.75, 3.05) is 0 Å². The molecule has 0 spiro atoms. The Kier molecular flexibility index (Phi) is 6.42. The zero-order valence-electron chi connectivity index (χ0n) is 14.7. The van der Waals surface area contributed by atoms with Gasteiger partial charge in [0, 0.05) is 22.7 Å². The maximum Gasteiger partial charge on any atom is 0.191 e. The van der Waals surface area contributed by atoms with E-state index in [9.17, 15) is 4.79 Å². The number of ketones is 1.